The van der Waals surface area contributed by atoms with Crippen LogP contribution in [0, 0.1) is 0 Å². The van der Waals surface area contributed by atoms with Crippen LogP contribution in [0.15, 0.2) is 0 Å². The van der Waals surface area contributed by atoms with Gasteiger partial charge >= 0.3 is 0 Å². The van der Waals surface area contributed by atoms with Crippen LogP contribution in [0.2, 0.25) is 0 Å². The lowest BCUT2D eigenvalue weighted by molar-refractivity contribution is -0.189. The molecule has 0 aliphatic carbocycles. The van der Waals surface area contributed by atoms with Gasteiger partial charge in [-0.1, -0.05) is 0 Å². The largest absolute Gasteiger partial charge is 0.367 e. The summed E-state index contributed by atoms with van der Waals surface area (Å²) < 4.78 is 5.27. The molecule has 0 bridgehead atoms. The molecule has 1 rings (SSSR count). The first kappa shape index (κ1) is 8.97. The summed E-state index contributed by atoms with van der Waals surface area (Å²) in [6.45, 7) is 2.00. The van der Waals surface area contributed by atoms with Gasteiger partial charge in [0.05, 0.1) is 12.1 Å². The standard InChI is InChI=1S/C8H17NO2/c1-6-4-5-7(9(2)3)8(10)11-6/h6-8,10H,4-5H2,1-3H3. The van der Waals surface area contributed by atoms with Gasteiger partial charge < -0.3 is 14.7 Å². The number of rotatable bonds is 1. The highest BCUT2D eigenvalue weighted by molar-refractivity contribution is 4.75. The first-order valence-corrected chi connectivity index (χ1v) is 4.11. The second-order valence-corrected chi connectivity index (χ2v) is 3.45. The van der Waals surface area contributed by atoms with E-state index < -0.39 is 6.29 Å². The molecule has 0 saturated carbocycles. The molecule has 1 aliphatic heterocycles. The van der Waals surface area contributed by atoms with Crippen LogP contribution in [0.3, 0.4) is 0 Å². The summed E-state index contributed by atoms with van der Waals surface area (Å²) in [5.74, 6) is 0. The molecule has 1 saturated heterocycles. The second-order valence-electron chi connectivity index (χ2n) is 3.45. The molecule has 3 heteroatoms. The Balaban J connectivity index is 2.44. The first-order valence-electron chi connectivity index (χ1n) is 4.11. The zero-order chi connectivity index (χ0) is 8.43. The quantitative estimate of drug-likeness (QED) is 0.602. The van der Waals surface area contributed by atoms with Crippen molar-refractivity contribution in [2.75, 3.05) is 14.1 Å². The van der Waals surface area contributed by atoms with Gasteiger partial charge in [0.1, 0.15) is 0 Å². The molecule has 1 heterocycles. The van der Waals surface area contributed by atoms with E-state index in [4.69, 9.17) is 4.74 Å². The molecule has 1 fully saturated rings. The van der Waals surface area contributed by atoms with E-state index in [0.29, 0.717) is 0 Å². The maximum absolute atomic E-state index is 9.45. The van der Waals surface area contributed by atoms with Crippen molar-refractivity contribution < 1.29 is 9.84 Å². The van der Waals surface area contributed by atoms with Crippen molar-refractivity contribution in [2.24, 2.45) is 0 Å². The molecular formula is C8H17NO2. The molecule has 11 heavy (non-hydrogen) atoms. The highest BCUT2D eigenvalue weighted by Gasteiger charge is 2.28. The molecule has 0 aromatic carbocycles. The fraction of sp³-hybridized carbons (Fsp3) is 1.00. The number of aliphatic hydroxyl groups excluding tert-OH is 1. The third kappa shape index (κ3) is 2.15. The topological polar surface area (TPSA) is 32.7 Å². The third-order valence-electron chi connectivity index (χ3n) is 2.23. The van der Waals surface area contributed by atoms with Crippen LogP contribution in [0.25, 0.3) is 0 Å². The Kier molecular flexibility index (Phi) is 2.87. The van der Waals surface area contributed by atoms with Crippen molar-refractivity contribution in [3.63, 3.8) is 0 Å². The van der Waals surface area contributed by atoms with E-state index in [-0.39, 0.29) is 12.1 Å². The Morgan fingerprint density at radius 2 is 2.00 bits per heavy atom. The average Bonchev–Trinajstić information content (AvgIpc) is 1.85. The molecule has 0 aromatic heterocycles. The van der Waals surface area contributed by atoms with Crippen LogP contribution in [0.5, 0.6) is 0 Å². The highest BCUT2D eigenvalue weighted by Crippen LogP contribution is 2.20. The summed E-state index contributed by atoms with van der Waals surface area (Å²) in [6.07, 6.45) is 1.67. The van der Waals surface area contributed by atoms with Crippen LogP contribution in [0.1, 0.15) is 19.8 Å². The van der Waals surface area contributed by atoms with Gasteiger partial charge in [0.2, 0.25) is 0 Å². The lowest BCUT2D eigenvalue weighted by atomic mass is 10.0. The van der Waals surface area contributed by atoms with Crippen LogP contribution in [-0.4, -0.2) is 42.5 Å². The number of nitrogens with zero attached hydrogens (tertiary/aromatic N) is 1. The smallest absolute Gasteiger partial charge is 0.170 e. The van der Waals surface area contributed by atoms with Gasteiger partial charge in [-0.3, -0.25) is 0 Å². The van der Waals surface area contributed by atoms with Gasteiger partial charge in [-0.15, -0.1) is 0 Å². The number of hydrogen-bond donors (Lipinski definition) is 1. The molecule has 0 aromatic rings. The van der Waals surface area contributed by atoms with Crippen molar-refractivity contribution in [3.8, 4) is 0 Å². The molecule has 0 spiro atoms. The molecule has 0 amide bonds. The number of hydrogen-bond acceptors (Lipinski definition) is 3. The monoisotopic (exact) mass is 159 g/mol. The summed E-state index contributed by atoms with van der Waals surface area (Å²) in [6, 6.07) is 0.172. The molecule has 3 unspecified atom stereocenters. The Bertz CT molecular complexity index is 127. The molecular weight excluding hydrogens is 142 g/mol. The fourth-order valence-electron chi connectivity index (χ4n) is 1.46. The highest BCUT2D eigenvalue weighted by atomic mass is 16.6. The molecule has 3 atom stereocenters. The zero-order valence-corrected chi connectivity index (χ0v) is 7.45. The minimum Gasteiger partial charge on any atom is -0.367 e. The predicted octanol–water partition coefficient (Wildman–Crippen LogP) is 0.434. The van der Waals surface area contributed by atoms with E-state index in [1.165, 1.54) is 0 Å². The van der Waals surface area contributed by atoms with Crippen LogP contribution < -0.4 is 0 Å². The van der Waals surface area contributed by atoms with Crippen molar-refractivity contribution in [3.05, 3.63) is 0 Å². The van der Waals surface area contributed by atoms with Gasteiger partial charge in [0.25, 0.3) is 0 Å². The Morgan fingerprint density at radius 3 is 2.45 bits per heavy atom. The van der Waals surface area contributed by atoms with Crippen molar-refractivity contribution >= 4 is 0 Å². The van der Waals surface area contributed by atoms with Gasteiger partial charge in [0, 0.05) is 0 Å². The minimum atomic E-state index is -0.603. The van der Waals surface area contributed by atoms with E-state index in [0.717, 1.165) is 12.8 Å². The van der Waals surface area contributed by atoms with E-state index in [9.17, 15) is 5.11 Å². The molecule has 1 aliphatic rings. The maximum Gasteiger partial charge on any atom is 0.170 e. The van der Waals surface area contributed by atoms with Crippen LogP contribution >= 0.6 is 0 Å². The summed E-state index contributed by atoms with van der Waals surface area (Å²) >= 11 is 0. The minimum absolute atomic E-state index is 0.172. The fourth-order valence-corrected chi connectivity index (χ4v) is 1.46. The number of likely N-dealkylation sites (N-methyl/N-ethyl adjacent to an activating group) is 1. The van der Waals surface area contributed by atoms with Crippen molar-refractivity contribution in [2.45, 2.75) is 38.2 Å². The Morgan fingerprint density at radius 1 is 1.36 bits per heavy atom. The summed E-state index contributed by atoms with van der Waals surface area (Å²) in [7, 11) is 3.93. The predicted molar refractivity (Wildman–Crippen MR) is 43.3 cm³/mol. The Labute approximate surface area is 68.0 Å². The van der Waals surface area contributed by atoms with Gasteiger partial charge in [0.15, 0.2) is 6.29 Å². The van der Waals surface area contributed by atoms with Crippen LogP contribution in [-0.2, 0) is 4.74 Å². The normalized spacial score (nSPS) is 39.5. The van der Waals surface area contributed by atoms with Gasteiger partial charge in [-0.05, 0) is 33.9 Å². The average molecular weight is 159 g/mol. The maximum atomic E-state index is 9.45. The van der Waals surface area contributed by atoms with E-state index >= 15 is 0 Å². The zero-order valence-electron chi connectivity index (χ0n) is 7.45. The number of ether oxygens (including phenoxy) is 1. The summed E-state index contributed by atoms with van der Waals surface area (Å²) in [5, 5.41) is 9.45. The van der Waals surface area contributed by atoms with Crippen LogP contribution in [0.4, 0.5) is 0 Å². The van der Waals surface area contributed by atoms with E-state index in [1.807, 2.05) is 25.9 Å². The second kappa shape index (κ2) is 3.52. The molecule has 0 radical (unpaired) electrons. The molecule has 3 nitrogen and oxygen atoms in total. The molecule has 66 valence electrons. The lowest BCUT2D eigenvalue weighted by Crippen LogP contribution is -2.45. The number of aliphatic hydroxyl groups is 1. The summed E-state index contributed by atoms with van der Waals surface area (Å²) in [4.78, 5) is 2.01. The first-order chi connectivity index (χ1) is 5.11. The van der Waals surface area contributed by atoms with E-state index in [2.05, 4.69) is 0 Å². The van der Waals surface area contributed by atoms with Gasteiger partial charge in [-0.2, -0.15) is 0 Å². The van der Waals surface area contributed by atoms with Gasteiger partial charge in [-0.25, -0.2) is 0 Å². The Hall–Kier alpha value is -0.120. The lowest BCUT2D eigenvalue weighted by Gasteiger charge is -2.35. The third-order valence-corrected chi connectivity index (χ3v) is 2.23. The summed E-state index contributed by atoms with van der Waals surface area (Å²) in [5.41, 5.74) is 0. The van der Waals surface area contributed by atoms with E-state index in [1.54, 1.807) is 0 Å². The molecule has 1 N–H and O–H groups in total. The van der Waals surface area contributed by atoms with Crippen molar-refractivity contribution in [1.82, 2.24) is 4.90 Å². The van der Waals surface area contributed by atoms with Crippen molar-refractivity contribution in [1.29, 1.82) is 0 Å². The SMILES string of the molecule is CC1CCC(N(C)C)C(O)O1.